The van der Waals surface area contributed by atoms with Gasteiger partial charge in [-0.25, -0.2) is 0 Å². The number of methoxy groups -OCH3 is 1. The van der Waals surface area contributed by atoms with Crippen molar-refractivity contribution in [1.82, 2.24) is 0 Å². The fourth-order valence-corrected chi connectivity index (χ4v) is 3.58. The van der Waals surface area contributed by atoms with Crippen LogP contribution < -0.4 is 10.1 Å². The van der Waals surface area contributed by atoms with E-state index in [4.69, 9.17) is 27.9 Å². The van der Waals surface area contributed by atoms with Gasteiger partial charge in [-0.1, -0.05) is 29.3 Å². The quantitative estimate of drug-likeness (QED) is 0.899. The molecule has 0 saturated heterocycles. The van der Waals surface area contributed by atoms with Crippen molar-refractivity contribution in [2.24, 2.45) is 0 Å². The minimum absolute atomic E-state index is 0.0716. The molecule has 0 fully saturated rings. The Labute approximate surface area is 139 Å². The zero-order valence-corrected chi connectivity index (χ0v) is 13.8. The van der Waals surface area contributed by atoms with Gasteiger partial charge < -0.3 is 10.1 Å². The van der Waals surface area contributed by atoms with Crippen LogP contribution in [-0.4, -0.2) is 13.0 Å². The van der Waals surface area contributed by atoms with Gasteiger partial charge in [0.1, 0.15) is 5.75 Å². The lowest BCUT2D eigenvalue weighted by molar-refractivity contribution is -0.120. The Morgan fingerprint density at radius 3 is 2.73 bits per heavy atom. The molecule has 114 valence electrons. The first-order chi connectivity index (χ1) is 10.5. The zero-order chi connectivity index (χ0) is 15.9. The molecule has 5 heteroatoms. The van der Waals surface area contributed by atoms with E-state index in [9.17, 15) is 4.79 Å². The highest BCUT2D eigenvalue weighted by atomic mass is 35.5. The van der Waals surface area contributed by atoms with E-state index >= 15 is 0 Å². The van der Waals surface area contributed by atoms with Crippen molar-refractivity contribution in [3.05, 3.63) is 57.6 Å². The number of benzene rings is 2. The number of anilines is 1. The lowest BCUT2D eigenvalue weighted by Crippen LogP contribution is -2.33. The Balaban J connectivity index is 2.10. The third-order valence-corrected chi connectivity index (χ3v) is 4.65. The van der Waals surface area contributed by atoms with Crippen LogP contribution in [0, 0.1) is 0 Å². The number of carbonyl (C=O) groups excluding carboxylic acids is 1. The van der Waals surface area contributed by atoms with Crippen molar-refractivity contribution in [3.63, 3.8) is 0 Å². The summed E-state index contributed by atoms with van der Waals surface area (Å²) in [6.45, 7) is 1.89. The van der Waals surface area contributed by atoms with Gasteiger partial charge >= 0.3 is 0 Å². The molecule has 0 aliphatic carbocycles. The van der Waals surface area contributed by atoms with Crippen LogP contribution in [-0.2, 0) is 16.6 Å². The van der Waals surface area contributed by atoms with Gasteiger partial charge in [0.25, 0.3) is 0 Å². The van der Waals surface area contributed by atoms with Gasteiger partial charge in [0.05, 0.1) is 12.5 Å². The molecule has 2 aromatic rings. The summed E-state index contributed by atoms with van der Waals surface area (Å²) in [5.41, 5.74) is 1.70. The number of amides is 1. The third kappa shape index (κ3) is 2.34. The summed E-state index contributed by atoms with van der Waals surface area (Å²) >= 11 is 12.4. The van der Waals surface area contributed by atoms with E-state index in [2.05, 4.69) is 5.32 Å². The molecule has 0 radical (unpaired) electrons. The van der Waals surface area contributed by atoms with E-state index in [1.165, 1.54) is 0 Å². The van der Waals surface area contributed by atoms with Crippen LogP contribution in [0.3, 0.4) is 0 Å². The van der Waals surface area contributed by atoms with Crippen LogP contribution in [0.25, 0.3) is 0 Å². The summed E-state index contributed by atoms with van der Waals surface area (Å²) in [6, 6.07) is 10.9. The topological polar surface area (TPSA) is 38.3 Å². The van der Waals surface area contributed by atoms with Gasteiger partial charge in [0, 0.05) is 21.3 Å². The van der Waals surface area contributed by atoms with Crippen molar-refractivity contribution >= 4 is 34.8 Å². The average Bonchev–Trinajstić information content (AvgIpc) is 2.72. The second kappa shape index (κ2) is 5.49. The number of hydrogen-bond acceptors (Lipinski definition) is 2. The molecule has 22 heavy (non-hydrogen) atoms. The van der Waals surface area contributed by atoms with Gasteiger partial charge in [0.2, 0.25) is 5.91 Å². The summed E-state index contributed by atoms with van der Waals surface area (Å²) in [6.07, 6.45) is 0.458. The molecule has 1 heterocycles. The molecule has 1 aliphatic rings. The normalized spacial score (nSPS) is 19.7. The largest absolute Gasteiger partial charge is 0.496 e. The number of nitrogens with one attached hydrogen (secondary N) is 1. The number of rotatable bonds is 3. The number of carbonyl (C=O) groups is 1. The van der Waals surface area contributed by atoms with Crippen molar-refractivity contribution in [2.75, 3.05) is 12.4 Å². The average molecular weight is 336 g/mol. The molecule has 1 aliphatic heterocycles. The molecule has 0 aromatic heterocycles. The standard InChI is InChI=1S/C17H15Cl2NO2/c1-17(9-10-8-11(18)6-7-14(10)22-2)15-12(19)4-3-5-13(15)20-16(17)21/h3-8H,9H2,1-2H3,(H,20,21). The molecule has 0 spiro atoms. The van der Waals surface area contributed by atoms with Crippen LogP contribution in [0.5, 0.6) is 5.75 Å². The lowest BCUT2D eigenvalue weighted by atomic mass is 9.78. The van der Waals surface area contributed by atoms with Gasteiger partial charge in [-0.2, -0.15) is 0 Å². The molecule has 2 aromatic carbocycles. The Morgan fingerprint density at radius 1 is 1.23 bits per heavy atom. The Kier molecular flexibility index (Phi) is 3.79. The van der Waals surface area contributed by atoms with Gasteiger partial charge in [-0.3, -0.25) is 4.79 Å². The summed E-state index contributed by atoms with van der Waals surface area (Å²) in [7, 11) is 1.60. The SMILES string of the molecule is COc1ccc(Cl)cc1CC1(C)C(=O)Nc2cccc(Cl)c21. The maximum atomic E-state index is 12.6. The molecule has 3 nitrogen and oxygen atoms in total. The van der Waals surface area contributed by atoms with Crippen molar-refractivity contribution in [1.29, 1.82) is 0 Å². The maximum Gasteiger partial charge on any atom is 0.235 e. The molecule has 0 bridgehead atoms. The first-order valence-electron chi connectivity index (χ1n) is 6.88. The Morgan fingerprint density at radius 2 is 2.00 bits per heavy atom. The maximum absolute atomic E-state index is 12.6. The van der Waals surface area contributed by atoms with Crippen molar-refractivity contribution < 1.29 is 9.53 Å². The van der Waals surface area contributed by atoms with Crippen LogP contribution >= 0.6 is 23.2 Å². The summed E-state index contributed by atoms with van der Waals surface area (Å²) in [4.78, 5) is 12.6. The summed E-state index contributed by atoms with van der Waals surface area (Å²) in [5.74, 6) is 0.636. The number of halogens is 2. The van der Waals surface area contributed by atoms with E-state index in [1.54, 1.807) is 25.3 Å². The third-order valence-electron chi connectivity index (χ3n) is 4.10. The fourth-order valence-electron chi connectivity index (χ4n) is 3.00. The molecule has 1 N–H and O–H groups in total. The van der Waals surface area contributed by atoms with Gasteiger partial charge in [-0.15, -0.1) is 0 Å². The fraction of sp³-hybridized carbons (Fsp3) is 0.235. The van der Waals surface area contributed by atoms with E-state index < -0.39 is 5.41 Å². The predicted octanol–water partition coefficient (Wildman–Crippen LogP) is 4.45. The highest BCUT2D eigenvalue weighted by Gasteiger charge is 2.44. The minimum Gasteiger partial charge on any atom is -0.496 e. The van der Waals surface area contributed by atoms with E-state index in [-0.39, 0.29) is 5.91 Å². The van der Waals surface area contributed by atoms with Gasteiger partial charge in [-0.05, 0) is 49.2 Å². The van der Waals surface area contributed by atoms with Crippen LogP contribution in [0.2, 0.25) is 10.0 Å². The summed E-state index contributed by atoms with van der Waals surface area (Å²) in [5, 5.41) is 4.10. The Hall–Kier alpha value is -1.71. The first-order valence-corrected chi connectivity index (χ1v) is 7.64. The Bertz CT molecular complexity index is 760. The van der Waals surface area contributed by atoms with Crippen LogP contribution in [0.1, 0.15) is 18.1 Å². The molecular weight excluding hydrogens is 321 g/mol. The second-order valence-electron chi connectivity index (χ2n) is 5.58. The van der Waals surface area contributed by atoms with Crippen LogP contribution in [0.15, 0.2) is 36.4 Å². The van der Waals surface area contributed by atoms with Gasteiger partial charge in [0.15, 0.2) is 0 Å². The predicted molar refractivity (Wildman–Crippen MR) is 89.1 cm³/mol. The van der Waals surface area contributed by atoms with Crippen molar-refractivity contribution in [3.8, 4) is 5.75 Å². The summed E-state index contributed by atoms with van der Waals surface area (Å²) < 4.78 is 5.39. The highest BCUT2D eigenvalue weighted by Crippen LogP contribution is 2.45. The molecule has 1 atom stereocenters. The zero-order valence-electron chi connectivity index (χ0n) is 12.2. The number of hydrogen-bond donors (Lipinski definition) is 1. The first kappa shape index (κ1) is 15.2. The molecule has 0 saturated carbocycles. The molecule has 1 amide bonds. The van der Waals surface area contributed by atoms with E-state index in [0.29, 0.717) is 22.2 Å². The molecular formula is C17H15Cl2NO2. The second-order valence-corrected chi connectivity index (χ2v) is 6.43. The van der Waals surface area contributed by atoms with E-state index in [1.807, 2.05) is 25.1 Å². The van der Waals surface area contributed by atoms with Crippen molar-refractivity contribution in [2.45, 2.75) is 18.8 Å². The number of fused-ring (bicyclic) bond motifs is 1. The minimum atomic E-state index is -0.758. The number of ether oxygens (including phenoxy) is 1. The van der Waals surface area contributed by atoms with Crippen LogP contribution in [0.4, 0.5) is 5.69 Å². The lowest BCUT2D eigenvalue weighted by Gasteiger charge is -2.24. The monoisotopic (exact) mass is 335 g/mol. The highest BCUT2D eigenvalue weighted by molar-refractivity contribution is 6.33. The van der Waals surface area contributed by atoms with E-state index in [0.717, 1.165) is 16.8 Å². The molecule has 1 unspecified atom stereocenters. The molecule has 3 rings (SSSR count). The smallest absolute Gasteiger partial charge is 0.235 e.